The molecule has 0 spiro atoms. The lowest BCUT2D eigenvalue weighted by Crippen LogP contribution is -2.46. The fourth-order valence-corrected chi connectivity index (χ4v) is 2.34. The minimum absolute atomic E-state index is 0.154. The van der Waals surface area contributed by atoms with E-state index >= 15 is 0 Å². The van der Waals surface area contributed by atoms with Gasteiger partial charge in [0.15, 0.2) is 6.10 Å². The number of esters is 1. The summed E-state index contributed by atoms with van der Waals surface area (Å²) in [6.07, 6.45) is -2.04. The van der Waals surface area contributed by atoms with Gasteiger partial charge in [-0.15, -0.1) is 0 Å². The van der Waals surface area contributed by atoms with Gasteiger partial charge in [0.25, 0.3) is 5.91 Å². The summed E-state index contributed by atoms with van der Waals surface area (Å²) in [6.45, 7) is 5.10. The molecule has 1 saturated heterocycles. The van der Waals surface area contributed by atoms with Crippen LogP contribution in [0.1, 0.15) is 32.8 Å². The van der Waals surface area contributed by atoms with Gasteiger partial charge in [-0.05, 0) is 26.3 Å². The lowest BCUT2D eigenvalue weighted by atomic mass is 10.1. The molecule has 2 atom stereocenters. The van der Waals surface area contributed by atoms with Gasteiger partial charge in [0, 0.05) is 6.42 Å². The van der Waals surface area contributed by atoms with Crippen molar-refractivity contribution >= 4 is 23.9 Å². The molecule has 26 heavy (non-hydrogen) atoms. The molecule has 0 unspecified atom stereocenters. The van der Waals surface area contributed by atoms with Crippen molar-refractivity contribution in [3.63, 3.8) is 0 Å². The van der Waals surface area contributed by atoms with Crippen LogP contribution in [0, 0.1) is 0 Å². The zero-order chi connectivity index (χ0) is 19.3. The van der Waals surface area contributed by atoms with E-state index in [1.165, 1.54) is 0 Å². The lowest BCUT2D eigenvalue weighted by molar-refractivity contribution is -0.156. The molecule has 0 bridgehead atoms. The number of rotatable bonds is 5. The second-order valence-corrected chi connectivity index (χ2v) is 6.93. The van der Waals surface area contributed by atoms with Crippen LogP contribution in [0.25, 0.3) is 0 Å². The zero-order valence-electron chi connectivity index (χ0n) is 14.9. The predicted octanol–water partition coefficient (Wildman–Crippen LogP) is 1.08. The van der Waals surface area contributed by atoms with E-state index in [0.717, 1.165) is 5.56 Å². The Morgan fingerprint density at radius 3 is 2.42 bits per heavy atom. The third kappa shape index (κ3) is 5.87. The van der Waals surface area contributed by atoms with Crippen LogP contribution >= 0.6 is 0 Å². The second-order valence-electron chi connectivity index (χ2n) is 6.93. The van der Waals surface area contributed by atoms with Crippen molar-refractivity contribution in [2.45, 2.75) is 51.4 Å². The molecule has 1 aromatic rings. The molecule has 0 saturated carbocycles. The molecule has 0 aliphatic carbocycles. The second kappa shape index (κ2) is 7.99. The van der Waals surface area contributed by atoms with Crippen molar-refractivity contribution in [1.29, 1.82) is 0 Å². The van der Waals surface area contributed by atoms with Crippen molar-refractivity contribution in [2.75, 3.05) is 0 Å². The Morgan fingerprint density at radius 2 is 1.88 bits per heavy atom. The van der Waals surface area contributed by atoms with Crippen molar-refractivity contribution in [2.24, 2.45) is 0 Å². The zero-order valence-corrected chi connectivity index (χ0v) is 14.9. The standard InChI is InChI=1S/C18H22N2O6/c1-18(2,3)26-17(24)19-12(9-11-7-5-4-6-8-11)16(23)25-13-10-14(21)20-15(13)22/h4-8,12-13H,9-10H2,1-3H3,(H,19,24)(H,20,21,22)/t12-,13-/m1/s1. The number of ether oxygens (including phenoxy) is 2. The highest BCUT2D eigenvalue weighted by molar-refractivity contribution is 6.05. The number of hydrogen-bond donors (Lipinski definition) is 2. The number of carbonyl (C=O) groups excluding carboxylic acids is 4. The number of imide groups is 1. The molecule has 1 fully saturated rings. The molecular formula is C18H22N2O6. The lowest BCUT2D eigenvalue weighted by Gasteiger charge is -2.23. The highest BCUT2D eigenvalue weighted by Crippen LogP contribution is 2.12. The molecule has 8 heteroatoms. The predicted molar refractivity (Wildman–Crippen MR) is 91.0 cm³/mol. The van der Waals surface area contributed by atoms with Gasteiger partial charge in [0.05, 0.1) is 6.42 Å². The van der Waals surface area contributed by atoms with E-state index in [4.69, 9.17) is 9.47 Å². The molecule has 8 nitrogen and oxygen atoms in total. The van der Waals surface area contributed by atoms with E-state index in [1.807, 2.05) is 6.07 Å². The number of amides is 3. The van der Waals surface area contributed by atoms with Gasteiger partial charge in [0.2, 0.25) is 5.91 Å². The Bertz CT molecular complexity index is 695. The first-order valence-electron chi connectivity index (χ1n) is 8.21. The van der Waals surface area contributed by atoms with Crippen LogP contribution in [0.3, 0.4) is 0 Å². The van der Waals surface area contributed by atoms with Gasteiger partial charge in [-0.25, -0.2) is 9.59 Å². The summed E-state index contributed by atoms with van der Waals surface area (Å²) < 4.78 is 10.3. The maximum absolute atomic E-state index is 12.5. The van der Waals surface area contributed by atoms with E-state index in [2.05, 4.69) is 10.6 Å². The monoisotopic (exact) mass is 362 g/mol. The molecule has 1 aromatic carbocycles. The van der Waals surface area contributed by atoms with Gasteiger partial charge in [0.1, 0.15) is 11.6 Å². The summed E-state index contributed by atoms with van der Waals surface area (Å²) in [6, 6.07) is 7.96. The van der Waals surface area contributed by atoms with Gasteiger partial charge >= 0.3 is 12.1 Å². The number of hydrogen-bond acceptors (Lipinski definition) is 6. The Morgan fingerprint density at radius 1 is 1.23 bits per heavy atom. The average Bonchev–Trinajstić information content (AvgIpc) is 2.83. The Labute approximate surface area is 151 Å². The smallest absolute Gasteiger partial charge is 0.408 e. The fraction of sp³-hybridized carbons (Fsp3) is 0.444. The first-order valence-corrected chi connectivity index (χ1v) is 8.21. The van der Waals surface area contributed by atoms with Gasteiger partial charge < -0.3 is 14.8 Å². The maximum atomic E-state index is 12.5. The molecule has 0 aromatic heterocycles. The Hall–Kier alpha value is -2.90. The van der Waals surface area contributed by atoms with Crippen LogP contribution in [0.2, 0.25) is 0 Å². The molecule has 140 valence electrons. The normalized spacial score (nSPS) is 18.0. The number of carbonyl (C=O) groups is 4. The van der Waals surface area contributed by atoms with Crippen LogP contribution in [-0.2, 0) is 30.3 Å². The summed E-state index contributed by atoms with van der Waals surface area (Å²) in [5.41, 5.74) is 0.0562. The van der Waals surface area contributed by atoms with E-state index in [9.17, 15) is 19.2 Å². The Balaban J connectivity index is 2.08. The molecule has 3 amide bonds. The van der Waals surface area contributed by atoms with E-state index in [1.54, 1.807) is 45.0 Å². The quantitative estimate of drug-likeness (QED) is 0.599. The van der Waals surface area contributed by atoms with E-state index in [-0.39, 0.29) is 12.8 Å². The minimum atomic E-state index is -1.19. The fourth-order valence-electron chi connectivity index (χ4n) is 2.34. The third-order valence-corrected chi connectivity index (χ3v) is 3.44. The largest absolute Gasteiger partial charge is 0.450 e. The molecule has 0 radical (unpaired) electrons. The van der Waals surface area contributed by atoms with Crippen molar-refractivity contribution in [3.05, 3.63) is 35.9 Å². The molecular weight excluding hydrogens is 340 g/mol. The number of nitrogens with one attached hydrogen (secondary N) is 2. The molecule has 2 rings (SSSR count). The van der Waals surface area contributed by atoms with E-state index < -0.39 is 41.6 Å². The van der Waals surface area contributed by atoms with Crippen LogP contribution in [0.15, 0.2) is 30.3 Å². The van der Waals surface area contributed by atoms with Gasteiger partial charge in [-0.2, -0.15) is 0 Å². The van der Waals surface area contributed by atoms with Crippen molar-refractivity contribution in [3.8, 4) is 0 Å². The summed E-state index contributed by atoms with van der Waals surface area (Å²) in [5, 5.41) is 4.54. The summed E-state index contributed by atoms with van der Waals surface area (Å²) in [5.74, 6) is -1.99. The van der Waals surface area contributed by atoms with Crippen LogP contribution < -0.4 is 10.6 Å². The number of benzene rings is 1. The summed E-state index contributed by atoms with van der Waals surface area (Å²) >= 11 is 0. The van der Waals surface area contributed by atoms with Crippen molar-refractivity contribution in [1.82, 2.24) is 10.6 Å². The molecule has 1 aliphatic heterocycles. The summed E-state index contributed by atoms with van der Waals surface area (Å²) in [7, 11) is 0. The summed E-state index contributed by atoms with van der Waals surface area (Å²) in [4.78, 5) is 47.3. The van der Waals surface area contributed by atoms with Crippen LogP contribution in [0.4, 0.5) is 4.79 Å². The SMILES string of the molecule is CC(C)(C)OC(=O)N[C@H](Cc1ccccc1)C(=O)O[C@@H]1CC(=O)NC1=O. The van der Waals surface area contributed by atoms with Crippen molar-refractivity contribution < 1.29 is 28.7 Å². The first-order chi connectivity index (χ1) is 12.1. The number of alkyl carbamates (subject to hydrolysis) is 1. The first kappa shape index (κ1) is 19.4. The molecule has 1 heterocycles. The molecule has 2 N–H and O–H groups in total. The minimum Gasteiger partial charge on any atom is -0.450 e. The van der Waals surface area contributed by atoms with Gasteiger partial charge in [-0.3, -0.25) is 14.9 Å². The van der Waals surface area contributed by atoms with Gasteiger partial charge in [-0.1, -0.05) is 30.3 Å². The highest BCUT2D eigenvalue weighted by atomic mass is 16.6. The van der Waals surface area contributed by atoms with Crippen LogP contribution in [-0.4, -0.2) is 41.6 Å². The Kier molecular flexibility index (Phi) is 5.97. The van der Waals surface area contributed by atoms with E-state index in [0.29, 0.717) is 0 Å². The molecule has 1 aliphatic rings. The third-order valence-electron chi connectivity index (χ3n) is 3.44. The topological polar surface area (TPSA) is 111 Å². The van der Waals surface area contributed by atoms with Crippen LogP contribution in [0.5, 0.6) is 0 Å². The maximum Gasteiger partial charge on any atom is 0.408 e. The highest BCUT2D eigenvalue weighted by Gasteiger charge is 2.36. The average molecular weight is 362 g/mol.